The molecule has 3 rings (SSSR count). The maximum absolute atomic E-state index is 10.7. The number of halogens is 1. The fraction of sp³-hybridized carbons (Fsp3) is 0.353. The van der Waals surface area contributed by atoms with Crippen LogP contribution in [-0.4, -0.2) is 10.1 Å². The molecule has 0 saturated heterocycles. The normalized spacial score (nSPS) is 17.6. The number of allylic oxidation sites excluding steroid dienone is 1. The second-order valence-corrected chi connectivity index (χ2v) is 5.72. The van der Waals surface area contributed by atoms with Gasteiger partial charge in [-0.1, -0.05) is 30.2 Å². The Kier molecular flexibility index (Phi) is 4.04. The zero-order chi connectivity index (χ0) is 13.9. The maximum Gasteiger partial charge on any atom is 0.102 e. The number of nitrogens with zero attached hydrogens (tertiary/aromatic N) is 1. The van der Waals surface area contributed by atoms with E-state index in [1.165, 1.54) is 12.8 Å². The molecule has 1 heterocycles. The monoisotopic (exact) mass is 287 g/mol. The Hall–Kier alpha value is -1.38. The second-order valence-electron chi connectivity index (χ2n) is 5.32. The van der Waals surface area contributed by atoms with E-state index in [0.29, 0.717) is 5.02 Å². The summed E-state index contributed by atoms with van der Waals surface area (Å²) in [6, 6.07) is 7.56. The fourth-order valence-corrected chi connectivity index (χ4v) is 3.08. The van der Waals surface area contributed by atoms with E-state index in [9.17, 15) is 5.11 Å². The summed E-state index contributed by atoms with van der Waals surface area (Å²) in [6.45, 7) is 0. The van der Waals surface area contributed by atoms with Gasteiger partial charge in [-0.05, 0) is 49.5 Å². The molecule has 1 aliphatic carbocycles. The van der Waals surface area contributed by atoms with Gasteiger partial charge in [-0.25, -0.2) is 0 Å². The zero-order valence-corrected chi connectivity index (χ0v) is 12.1. The number of aliphatic hydroxyl groups is 1. The lowest BCUT2D eigenvalue weighted by Gasteiger charge is -2.16. The van der Waals surface area contributed by atoms with Crippen molar-refractivity contribution in [3.8, 4) is 0 Å². The predicted octanol–water partition coefficient (Wildman–Crippen LogP) is 4.81. The van der Waals surface area contributed by atoms with Crippen LogP contribution in [0.25, 0.3) is 10.9 Å². The van der Waals surface area contributed by atoms with Gasteiger partial charge in [-0.2, -0.15) is 0 Å². The summed E-state index contributed by atoms with van der Waals surface area (Å²) in [4.78, 5) is 4.41. The number of hydrogen-bond acceptors (Lipinski definition) is 2. The molecule has 20 heavy (non-hydrogen) atoms. The van der Waals surface area contributed by atoms with Crippen LogP contribution in [0.1, 0.15) is 43.8 Å². The third-order valence-electron chi connectivity index (χ3n) is 3.97. The highest BCUT2D eigenvalue weighted by atomic mass is 35.5. The molecule has 0 aliphatic heterocycles. The molecule has 1 aromatic carbocycles. The molecule has 1 aromatic heterocycles. The number of benzene rings is 1. The number of aliphatic hydroxyl groups excluding tert-OH is 1. The maximum atomic E-state index is 10.7. The first-order chi connectivity index (χ1) is 9.77. The molecule has 2 nitrogen and oxygen atoms in total. The molecule has 0 bridgehead atoms. The van der Waals surface area contributed by atoms with Gasteiger partial charge in [0.15, 0.2) is 0 Å². The highest BCUT2D eigenvalue weighted by molar-refractivity contribution is 6.35. The third-order valence-corrected chi connectivity index (χ3v) is 4.30. The average molecular weight is 288 g/mol. The molecule has 0 saturated carbocycles. The SMILES string of the molecule is OC(C1=CCCCCC1)c1ccc(Cl)c2cccnc12. The van der Waals surface area contributed by atoms with Gasteiger partial charge in [-0.15, -0.1) is 0 Å². The van der Waals surface area contributed by atoms with Crippen LogP contribution < -0.4 is 0 Å². The smallest absolute Gasteiger partial charge is 0.102 e. The molecule has 0 fully saturated rings. The number of fused-ring (bicyclic) bond motifs is 1. The molecule has 2 aromatic rings. The minimum absolute atomic E-state index is 0.567. The minimum Gasteiger partial charge on any atom is -0.384 e. The molecular weight excluding hydrogens is 270 g/mol. The first-order valence-corrected chi connectivity index (χ1v) is 7.55. The van der Waals surface area contributed by atoms with Gasteiger partial charge in [0, 0.05) is 22.2 Å². The van der Waals surface area contributed by atoms with Crippen molar-refractivity contribution in [2.45, 2.75) is 38.2 Å². The van der Waals surface area contributed by atoms with Gasteiger partial charge < -0.3 is 5.11 Å². The minimum atomic E-state index is -0.567. The Bertz CT molecular complexity index is 650. The Morgan fingerprint density at radius 1 is 1.15 bits per heavy atom. The van der Waals surface area contributed by atoms with E-state index in [0.717, 1.165) is 41.3 Å². The van der Waals surface area contributed by atoms with Crippen LogP contribution in [0, 0.1) is 0 Å². The highest BCUT2D eigenvalue weighted by Gasteiger charge is 2.18. The summed E-state index contributed by atoms with van der Waals surface area (Å²) in [5.74, 6) is 0. The van der Waals surface area contributed by atoms with E-state index in [1.54, 1.807) is 6.20 Å². The lowest BCUT2D eigenvalue weighted by molar-refractivity contribution is 0.212. The van der Waals surface area contributed by atoms with E-state index in [2.05, 4.69) is 11.1 Å². The standard InChI is InChI=1S/C17H18ClNO/c18-15-10-9-14(16-13(15)8-5-11-19-16)17(20)12-6-3-1-2-4-7-12/h5-6,8-11,17,20H,1-4,7H2. The lowest BCUT2D eigenvalue weighted by Crippen LogP contribution is -2.03. The molecule has 1 N–H and O–H groups in total. The predicted molar refractivity (Wildman–Crippen MR) is 82.9 cm³/mol. The van der Waals surface area contributed by atoms with Crippen LogP contribution in [-0.2, 0) is 0 Å². The van der Waals surface area contributed by atoms with Crippen molar-refractivity contribution < 1.29 is 5.11 Å². The third kappa shape index (κ3) is 2.58. The quantitative estimate of drug-likeness (QED) is 0.804. The number of hydrogen-bond donors (Lipinski definition) is 1. The number of rotatable bonds is 2. The summed E-state index contributed by atoms with van der Waals surface area (Å²) in [6.07, 6.45) is 9.02. The average Bonchev–Trinajstić information content (AvgIpc) is 2.76. The van der Waals surface area contributed by atoms with Crippen molar-refractivity contribution in [3.63, 3.8) is 0 Å². The van der Waals surface area contributed by atoms with Crippen molar-refractivity contribution in [3.05, 3.63) is 52.7 Å². The topological polar surface area (TPSA) is 33.1 Å². The lowest BCUT2D eigenvalue weighted by atomic mass is 9.96. The summed E-state index contributed by atoms with van der Waals surface area (Å²) in [5.41, 5.74) is 2.78. The Labute approximate surface area is 124 Å². The van der Waals surface area contributed by atoms with E-state index < -0.39 is 6.10 Å². The second kappa shape index (κ2) is 5.94. The summed E-state index contributed by atoms with van der Waals surface area (Å²) >= 11 is 6.21. The van der Waals surface area contributed by atoms with Gasteiger partial charge >= 0.3 is 0 Å². The molecule has 104 valence electrons. The van der Waals surface area contributed by atoms with E-state index >= 15 is 0 Å². The van der Waals surface area contributed by atoms with Crippen LogP contribution in [0.2, 0.25) is 5.02 Å². The zero-order valence-electron chi connectivity index (χ0n) is 11.3. The highest BCUT2D eigenvalue weighted by Crippen LogP contribution is 2.34. The van der Waals surface area contributed by atoms with Crippen LogP contribution in [0.5, 0.6) is 0 Å². The van der Waals surface area contributed by atoms with Crippen molar-refractivity contribution in [2.75, 3.05) is 0 Å². The van der Waals surface area contributed by atoms with Crippen molar-refractivity contribution >= 4 is 22.5 Å². The Morgan fingerprint density at radius 3 is 2.95 bits per heavy atom. The van der Waals surface area contributed by atoms with Crippen LogP contribution in [0.3, 0.4) is 0 Å². The van der Waals surface area contributed by atoms with Gasteiger partial charge in [0.1, 0.15) is 6.10 Å². The summed E-state index contributed by atoms with van der Waals surface area (Å²) < 4.78 is 0. The van der Waals surface area contributed by atoms with Gasteiger partial charge in [-0.3, -0.25) is 4.98 Å². The molecule has 1 unspecified atom stereocenters. The van der Waals surface area contributed by atoms with Gasteiger partial charge in [0.2, 0.25) is 0 Å². The Morgan fingerprint density at radius 2 is 2.05 bits per heavy atom. The van der Waals surface area contributed by atoms with Crippen molar-refractivity contribution in [1.29, 1.82) is 0 Å². The van der Waals surface area contributed by atoms with Crippen LogP contribution in [0.4, 0.5) is 0 Å². The van der Waals surface area contributed by atoms with Crippen molar-refractivity contribution in [2.24, 2.45) is 0 Å². The van der Waals surface area contributed by atoms with Gasteiger partial charge in [0.05, 0.1) is 5.52 Å². The molecule has 3 heteroatoms. The molecule has 0 radical (unpaired) electrons. The number of pyridine rings is 1. The molecule has 1 aliphatic rings. The molecule has 0 amide bonds. The van der Waals surface area contributed by atoms with Crippen molar-refractivity contribution in [1.82, 2.24) is 4.98 Å². The van der Waals surface area contributed by atoms with Gasteiger partial charge in [0.25, 0.3) is 0 Å². The van der Waals surface area contributed by atoms with E-state index in [-0.39, 0.29) is 0 Å². The van der Waals surface area contributed by atoms with Crippen LogP contribution in [0.15, 0.2) is 42.1 Å². The fourth-order valence-electron chi connectivity index (χ4n) is 2.87. The first-order valence-electron chi connectivity index (χ1n) is 7.17. The molecule has 1 atom stereocenters. The summed E-state index contributed by atoms with van der Waals surface area (Å²) in [5, 5.41) is 12.3. The van der Waals surface area contributed by atoms with Crippen LogP contribution >= 0.6 is 11.6 Å². The summed E-state index contributed by atoms with van der Waals surface area (Å²) in [7, 11) is 0. The number of aromatic nitrogens is 1. The largest absolute Gasteiger partial charge is 0.384 e. The first kappa shape index (κ1) is 13.6. The molecule has 0 spiro atoms. The Balaban J connectivity index is 2.05. The van der Waals surface area contributed by atoms with E-state index in [4.69, 9.17) is 11.6 Å². The van der Waals surface area contributed by atoms with E-state index in [1.807, 2.05) is 24.3 Å². The molecular formula is C17H18ClNO.